The van der Waals surface area contributed by atoms with Crippen LogP contribution in [0.5, 0.6) is 0 Å². The topological polar surface area (TPSA) is 66.4 Å². The van der Waals surface area contributed by atoms with Crippen molar-refractivity contribution in [3.05, 3.63) is 0 Å². The van der Waals surface area contributed by atoms with E-state index in [4.69, 9.17) is 5.11 Å². The maximum Gasteiger partial charge on any atom is 0.460 e. The normalized spacial score (nSPS) is 16.2. The van der Waals surface area contributed by atoms with Gasteiger partial charge in [-0.2, -0.15) is 65.9 Å². The van der Waals surface area contributed by atoms with Gasteiger partial charge in [0.1, 0.15) is 6.04 Å². The molecule has 0 aromatic heterocycles. The lowest BCUT2D eigenvalue weighted by molar-refractivity contribution is -0.449. The molecule has 0 rings (SSSR count). The number of hydrogen-bond acceptors (Lipinski definition) is 2. The van der Waals surface area contributed by atoms with E-state index in [0.29, 0.717) is 5.32 Å². The van der Waals surface area contributed by atoms with Crippen LogP contribution in [0.25, 0.3) is 0 Å². The van der Waals surface area contributed by atoms with E-state index in [2.05, 4.69) is 0 Å². The van der Waals surface area contributed by atoms with Gasteiger partial charge in [-0.1, -0.05) is 13.8 Å². The first kappa shape index (κ1) is 29.9. The number of carboxylic acids is 1. The number of amides is 1. The summed E-state index contributed by atoms with van der Waals surface area (Å²) in [5.41, 5.74) is 0. The summed E-state index contributed by atoms with van der Waals surface area (Å²) in [6.45, 7) is 1.66. The maximum absolute atomic E-state index is 13.6. The number of carbonyl (C=O) groups excluding carboxylic acids is 1. The molecule has 0 aromatic carbocycles. The summed E-state index contributed by atoms with van der Waals surface area (Å²) in [5.74, 6) is -56.2. The highest BCUT2D eigenvalue weighted by Crippen LogP contribution is 2.62. The highest BCUT2D eigenvalue weighted by Gasteiger charge is 2.94. The molecular formula is C13H10F15NO3. The van der Waals surface area contributed by atoms with Crippen LogP contribution in [0.3, 0.4) is 0 Å². The van der Waals surface area contributed by atoms with E-state index in [1.54, 1.807) is 0 Å². The van der Waals surface area contributed by atoms with Gasteiger partial charge >= 0.3 is 47.7 Å². The van der Waals surface area contributed by atoms with Crippen molar-refractivity contribution in [3.63, 3.8) is 0 Å². The summed E-state index contributed by atoms with van der Waals surface area (Å²) in [6.07, 6.45) is -7.74. The summed E-state index contributed by atoms with van der Waals surface area (Å²) in [6, 6.07) is -2.56. The molecule has 32 heavy (non-hydrogen) atoms. The van der Waals surface area contributed by atoms with Gasteiger partial charge in [-0.3, -0.25) is 4.79 Å². The molecule has 190 valence electrons. The first-order valence-electron chi connectivity index (χ1n) is 7.53. The largest absolute Gasteiger partial charge is 0.480 e. The third-order valence-corrected chi connectivity index (χ3v) is 3.83. The van der Waals surface area contributed by atoms with E-state index in [9.17, 15) is 75.4 Å². The van der Waals surface area contributed by atoms with E-state index in [1.165, 1.54) is 0 Å². The van der Waals surface area contributed by atoms with Gasteiger partial charge in [0.05, 0.1) is 0 Å². The first-order valence-corrected chi connectivity index (χ1v) is 7.53. The van der Waals surface area contributed by atoms with Gasteiger partial charge in [-0.05, 0) is 5.92 Å². The zero-order valence-electron chi connectivity index (χ0n) is 15.1. The minimum Gasteiger partial charge on any atom is -0.480 e. The van der Waals surface area contributed by atoms with Gasteiger partial charge in [0.25, 0.3) is 5.91 Å². The van der Waals surface area contributed by atoms with Gasteiger partial charge in [0.15, 0.2) is 0 Å². The van der Waals surface area contributed by atoms with Crippen molar-refractivity contribution in [1.82, 2.24) is 5.32 Å². The predicted octanol–water partition coefficient (Wildman–Crippen LogP) is 4.59. The molecule has 1 amide bonds. The van der Waals surface area contributed by atoms with Gasteiger partial charge < -0.3 is 10.4 Å². The van der Waals surface area contributed by atoms with Gasteiger partial charge in [-0.25, -0.2) is 4.79 Å². The molecule has 0 fully saturated rings. The van der Waals surface area contributed by atoms with Crippen molar-refractivity contribution in [2.75, 3.05) is 0 Å². The Morgan fingerprint density at radius 3 is 1.22 bits per heavy atom. The SMILES string of the molecule is CC(C)[C@H](NC(=O)C(F)(F)C(F)(F)C(F)(F)C(F)(F)C(F)(F)C(F)(F)C(F)(F)F)C(=O)O. The molecule has 0 aliphatic heterocycles. The average Bonchev–Trinajstić information content (AvgIpc) is 2.56. The molecule has 0 saturated carbocycles. The fraction of sp³-hybridized carbons (Fsp3) is 0.846. The first-order chi connectivity index (χ1) is 13.7. The molecule has 0 bridgehead atoms. The molecule has 19 heteroatoms. The van der Waals surface area contributed by atoms with Crippen LogP contribution in [0.15, 0.2) is 0 Å². The molecule has 0 unspecified atom stereocenters. The smallest absolute Gasteiger partial charge is 0.460 e. The monoisotopic (exact) mass is 513 g/mol. The zero-order chi connectivity index (χ0) is 26.5. The minimum atomic E-state index is -8.53. The molecular weight excluding hydrogens is 503 g/mol. The Balaban J connectivity index is 6.53. The summed E-state index contributed by atoms with van der Waals surface area (Å²) >= 11 is 0. The van der Waals surface area contributed by atoms with E-state index < -0.39 is 65.5 Å². The van der Waals surface area contributed by atoms with E-state index in [0.717, 1.165) is 13.8 Å². The molecule has 0 spiro atoms. The zero-order valence-corrected chi connectivity index (χ0v) is 15.1. The van der Waals surface area contributed by atoms with Crippen molar-refractivity contribution >= 4 is 11.9 Å². The van der Waals surface area contributed by atoms with Crippen molar-refractivity contribution in [1.29, 1.82) is 0 Å². The molecule has 4 nitrogen and oxygen atoms in total. The predicted molar refractivity (Wildman–Crippen MR) is 70.1 cm³/mol. The fourth-order valence-electron chi connectivity index (χ4n) is 1.85. The van der Waals surface area contributed by atoms with E-state index >= 15 is 0 Å². The third kappa shape index (κ3) is 4.13. The molecule has 0 aromatic rings. The van der Waals surface area contributed by atoms with Crippen LogP contribution in [0, 0.1) is 5.92 Å². The number of carboxylic acid groups (broad SMARTS) is 1. The van der Waals surface area contributed by atoms with Gasteiger partial charge in [0, 0.05) is 0 Å². The second-order valence-corrected chi connectivity index (χ2v) is 6.48. The second kappa shape index (κ2) is 8.03. The quantitative estimate of drug-likeness (QED) is 0.444. The standard InChI is InChI=1S/C13H10F15NO3/c1-3(2)4(5(30)31)29-6(32)7(14,15)8(16,17)9(18,19)10(20,21)11(22,23)12(24,25)13(26,27)28/h3-4H,1-2H3,(H,29,32)(H,30,31)/t4-/m0/s1. The Bertz CT molecular complexity index is 729. The number of rotatable bonds is 9. The van der Waals surface area contributed by atoms with Crippen molar-refractivity contribution in [2.24, 2.45) is 5.92 Å². The van der Waals surface area contributed by atoms with Gasteiger partial charge in [0.2, 0.25) is 0 Å². The Kier molecular flexibility index (Phi) is 7.50. The lowest BCUT2D eigenvalue weighted by Crippen LogP contribution is -2.74. The van der Waals surface area contributed by atoms with Crippen LogP contribution in [0.1, 0.15) is 13.8 Å². The molecule has 0 heterocycles. The number of hydrogen-bond donors (Lipinski definition) is 2. The summed E-state index contributed by atoms with van der Waals surface area (Å²) in [5, 5.41) is 9.14. The van der Waals surface area contributed by atoms with Gasteiger partial charge in [-0.15, -0.1) is 0 Å². The Hall–Kier alpha value is -2.11. The third-order valence-electron chi connectivity index (χ3n) is 3.83. The second-order valence-electron chi connectivity index (χ2n) is 6.48. The van der Waals surface area contributed by atoms with Crippen LogP contribution in [-0.2, 0) is 9.59 Å². The van der Waals surface area contributed by atoms with Crippen LogP contribution >= 0.6 is 0 Å². The average molecular weight is 513 g/mol. The van der Waals surface area contributed by atoms with Crippen LogP contribution < -0.4 is 5.32 Å². The Morgan fingerprint density at radius 2 is 0.938 bits per heavy atom. The molecule has 0 aliphatic rings. The van der Waals surface area contributed by atoms with Crippen LogP contribution in [0.2, 0.25) is 0 Å². The van der Waals surface area contributed by atoms with Crippen LogP contribution in [-0.4, -0.2) is 64.7 Å². The van der Waals surface area contributed by atoms with Crippen LogP contribution in [0.4, 0.5) is 65.9 Å². The molecule has 0 aliphatic carbocycles. The minimum absolute atomic E-state index is 0.517. The number of aliphatic carboxylic acids is 1. The lowest BCUT2D eigenvalue weighted by Gasteiger charge is -2.41. The summed E-state index contributed by atoms with van der Waals surface area (Å²) < 4.78 is 195. The number of alkyl halides is 15. The number of halogens is 15. The number of carbonyl (C=O) groups is 2. The summed E-state index contributed by atoms with van der Waals surface area (Å²) in [4.78, 5) is 22.0. The highest BCUT2D eigenvalue weighted by atomic mass is 19.4. The highest BCUT2D eigenvalue weighted by molar-refractivity contribution is 5.89. The van der Waals surface area contributed by atoms with Crippen molar-refractivity contribution in [2.45, 2.75) is 61.6 Å². The Morgan fingerprint density at radius 1 is 0.625 bits per heavy atom. The fourth-order valence-corrected chi connectivity index (χ4v) is 1.85. The van der Waals surface area contributed by atoms with Crippen molar-refractivity contribution < 1.29 is 80.6 Å². The lowest BCUT2D eigenvalue weighted by atomic mass is 9.90. The molecule has 1 atom stereocenters. The summed E-state index contributed by atoms with van der Waals surface area (Å²) in [7, 11) is 0. The Labute approximate surface area is 166 Å². The molecule has 0 radical (unpaired) electrons. The van der Waals surface area contributed by atoms with E-state index in [1.807, 2.05) is 0 Å². The maximum atomic E-state index is 13.6. The number of nitrogens with one attached hydrogen (secondary N) is 1. The van der Waals surface area contributed by atoms with E-state index in [-0.39, 0.29) is 0 Å². The van der Waals surface area contributed by atoms with Crippen molar-refractivity contribution in [3.8, 4) is 0 Å². The molecule has 2 N–H and O–H groups in total. The molecule has 0 saturated heterocycles.